The fourth-order valence-corrected chi connectivity index (χ4v) is 3.88. The number of thioether (sulfide) groups is 1. The lowest BCUT2D eigenvalue weighted by Crippen LogP contribution is -2.22. The van der Waals surface area contributed by atoms with Gasteiger partial charge in [-0.05, 0) is 35.5 Å². The molecule has 2 heterocycles. The van der Waals surface area contributed by atoms with Gasteiger partial charge in [-0.25, -0.2) is 4.68 Å². The van der Waals surface area contributed by atoms with Gasteiger partial charge in [0.1, 0.15) is 5.75 Å². The smallest absolute Gasteiger partial charge is 0.297 e. The van der Waals surface area contributed by atoms with E-state index in [-0.39, 0.29) is 17.9 Å². The summed E-state index contributed by atoms with van der Waals surface area (Å²) in [5.41, 5.74) is 1.54. The first-order valence-corrected chi connectivity index (χ1v) is 10.6. The van der Waals surface area contributed by atoms with Crippen LogP contribution in [-0.2, 0) is 7.05 Å². The third-order valence-electron chi connectivity index (χ3n) is 4.79. The summed E-state index contributed by atoms with van der Waals surface area (Å²) in [5.74, 6) is 0.881. The molecule has 0 amide bonds. The minimum atomic E-state index is -0.472. The highest BCUT2D eigenvalue weighted by Crippen LogP contribution is 2.22. The summed E-state index contributed by atoms with van der Waals surface area (Å²) < 4.78 is 10.3. The molecule has 0 bridgehead atoms. The largest absolute Gasteiger partial charge is 0.492 e. The minimum Gasteiger partial charge on any atom is -0.492 e. The zero-order chi connectivity index (χ0) is 22.7. The van der Waals surface area contributed by atoms with E-state index in [0.29, 0.717) is 28.0 Å². The molecule has 2 aromatic heterocycles. The maximum atomic E-state index is 13.2. The van der Waals surface area contributed by atoms with Gasteiger partial charge in [0, 0.05) is 18.9 Å². The summed E-state index contributed by atoms with van der Waals surface area (Å²) in [6, 6.07) is 15.3. The van der Waals surface area contributed by atoms with Gasteiger partial charge >= 0.3 is 0 Å². The number of para-hydroxylation sites is 1. The first-order valence-electron chi connectivity index (χ1n) is 9.60. The average Bonchev–Trinajstić information content (AvgIpc) is 3.33. The van der Waals surface area contributed by atoms with Crippen molar-refractivity contribution in [3.05, 3.63) is 80.8 Å². The van der Waals surface area contributed by atoms with Gasteiger partial charge in [-0.15, -0.1) is 5.10 Å². The van der Waals surface area contributed by atoms with Gasteiger partial charge in [-0.1, -0.05) is 36.0 Å². The lowest BCUT2D eigenvalue weighted by atomic mass is 10.3. The number of rotatable bonds is 8. The second-order valence-electron chi connectivity index (χ2n) is 6.73. The SMILES string of the molecule is Cc1c(-n2nnnc2SCCOc2cccc([N+](=O)[O-])c2)c(=O)n(-c2ccccc2)n1C. The molecule has 0 saturated heterocycles. The van der Waals surface area contributed by atoms with Gasteiger partial charge in [0.05, 0.1) is 29.0 Å². The van der Waals surface area contributed by atoms with E-state index < -0.39 is 4.92 Å². The van der Waals surface area contributed by atoms with E-state index in [4.69, 9.17) is 4.74 Å². The molecule has 32 heavy (non-hydrogen) atoms. The molecule has 12 heteroatoms. The van der Waals surface area contributed by atoms with Crippen molar-refractivity contribution in [2.24, 2.45) is 7.05 Å². The van der Waals surface area contributed by atoms with Crippen molar-refractivity contribution < 1.29 is 9.66 Å². The number of ether oxygens (including phenoxy) is 1. The van der Waals surface area contributed by atoms with Crippen LogP contribution in [0.1, 0.15) is 5.69 Å². The average molecular weight is 453 g/mol. The number of nitro groups is 1. The molecule has 0 aliphatic carbocycles. The topological polar surface area (TPSA) is 123 Å². The number of nitrogens with zero attached hydrogens (tertiary/aromatic N) is 7. The van der Waals surface area contributed by atoms with E-state index in [1.165, 1.54) is 28.6 Å². The molecule has 0 aliphatic rings. The first kappa shape index (κ1) is 21.3. The molecule has 0 N–H and O–H groups in total. The van der Waals surface area contributed by atoms with Gasteiger partial charge in [0.2, 0.25) is 5.16 Å². The Morgan fingerprint density at radius 2 is 1.94 bits per heavy atom. The van der Waals surface area contributed by atoms with E-state index in [1.807, 2.05) is 37.3 Å². The lowest BCUT2D eigenvalue weighted by molar-refractivity contribution is -0.384. The Hall–Kier alpha value is -3.93. The minimum absolute atomic E-state index is 0.0339. The Bertz CT molecular complexity index is 1310. The van der Waals surface area contributed by atoms with Crippen molar-refractivity contribution in [1.82, 2.24) is 29.6 Å². The van der Waals surface area contributed by atoms with Crippen molar-refractivity contribution in [3.8, 4) is 17.1 Å². The third-order valence-corrected chi connectivity index (χ3v) is 5.67. The van der Waals surface area contributed by atoms with Crippen LogP contribution >= 0.6 is 11.8 Å². The maximum absolute atomic E-state index is 13.2. The fourth-order valence-electron chi connectivity index (χ4n) is 3.19. The molecule has 2 aromatic carbocycles. The van der Waals surface area contributed by atoms with Crippen LogP contribution in [0.4, 0.5) is 5.69 Å². The first-order chi connectivity index (χ1) is 15.5. The predicted octanol–water partition coefficient (Wildman–Crippen LogP) is 2.54. The second kappa shape index (κ2) is 9.06. The number of tetrazole rings is 1. The van der Waals surface area contributed by atoms with E-state index in [9.17, 15) is 14.9 Å². The monoisotopic (exact) mass is 453 g/mol. The molecule has 0 aliphatic heterocycles. The van der Waals surface area contributed by atoms with E-state index in [0.717, 1.165) is 5.69 Å². The van der Waals surface area contributed by atoms with Crippen LogP contribution in [-0.4, -0.2) is 46.9 Å². The molecule has 0 spiro atoms. The normalized spacial score (nSPS) is 10.9. The Morgan fingerprint density at radius 1 is 1.16 bits per heavy atom. The van der Waals surface area contributed by atoms with Gasteiger partial charge < -0.3 is 4.74 Å². The molecule has 0 radical (unpaired) electrons. The summed E-state index contributed by atoms with van der Waals surface area (Å²) >= 11 is 1.32. The molecular weight excluding hydrogens is 434 g/mol. The third kappa shape index (κ3) is 4.12. The Kier molecular flexibility index (Phi) is 6.03. The number of hydrogen-bond acceptors (Lipinski definition) is 8. The summed E-state index contributed by atoms with van der Waals surface area (Å²) in [6.07, 6.45) is 0. The number of benzene rings is 2. The van der Waals surface area contributed by atoms with Gasteiger partial charge in [-0.2, -0.15) is 4.68 Å². The number of hydrogen-bond donors (Lipinski definition) is 0. The highest BCUT2D eigenvalue weighted by Gasteiger charge is 2.21. The Morgan fingerprint density at radius 3 is 2.69 bits per heavy atom. The lowest BCUT2D eigenvalue weighted by Gasteiger charge is -2.07. The van der Waals surface area contributed by atoms with Gasteiger partial charge in [0.15, 0.2) is 5.69 Å². The Balaban J connectivity index is 1.51. The number of aromatic nitrogens is 6. The zero-order valence-electron chi connectivity index (χ0n) is 17.3. The highest BCUT2D eigenvalue weighted by atomic mass is 32.2. The summed E-state index contributed by atoms with van der Waals surface area (Å²) in [5, 5.41) is 23.1. The van der Waals surface area contributed by atoms with E-state index in [1.54, 1.807) is 28.5 Å². The molecule has 4 aromatic rings. The predicted molar refractivity (Wildman–Crippen MR) is 118 cm³/mol. The molecular formula is C20H19N7O4S. The molecule has 11 nitrogen and oxygen atoms in total. The highest BCUT2D eigenvalue weighted by molar-refractivity contribution is 7.99. The molecule has 0 saturated carbocycles. The van der Waals surface area contributed by atoms with Crippen molar-refractivity contribution in [1.29, 1.82) is 0 Å². The van der Waals surface area contributed by atoms with Crippen molar-refractivity contribution in [2.75, 3.05) is 12.4 Å². The fraction of sp³-hybridized carbons (Fsp3) is 0.200. The van der Waals surface area contributed by atoms with Crippen molar-refractivity contribution in [2.45, 2.75) is 12.1 Å². The molecule has 0 fully saturated rings. The summed E-state index contributed by atoms with van der Waals surface area (Å²) in [4.78, 5) is 23.6. The summed E-state index contributed by atoms with van der Waals surface area (Å²) in [7, 11) is 1.80. The zero-order valence-corrected chi connectivity index (χ0v) is 18.1. The standard InChI is InChI=1S/C20H19N7O4S/c1-14-18(19(28)26(24(14)2)15-7-4-3-5-8-15)25-20(21-22-23-25)32-12-11-31-17-10-6-9-16(13-17)27(29)30/h3-10,13H,11-12H2,1-2H3. The van der Waals surface area contributed by atoms with Crippen LogP contribution < -0.4 is 10.3 Å². The maximum Gasteiger partial charge on any atom is 0.297 e. The van der Waals surface area contributed by atoms with Crippen molar-refractivity contribution >= 4 is 17.4 Å². The second-order valence-corrected chi connectivity index (χ2v) is 7.80. The molecule has 0 unspecified atom stereocenters. The quantitative estimate of drug-likeness (QED) is 0.173. The molecule has 0 atom stereocenters. The van der Waals surface area contributed by atoms with Crippen LogP contribution in [0.3, 0.4) is 0 Å². The van der Waals surface area contributed by atoms with E-state index >= 15 is 0 Å². The molecule has 164 valence electrons. The van der Waals surface area contributed by atoms with Gasteiger partial charge in [0.25, 0.3) is 11.2 Å². The van der Waals surface area contributed by atoms with Crippen LogP contribution in [0.5, 0.6) is 5.75 Å². The van der Waals surface area contributed by atoms with Gasteiger partial charge in [-0.3, -0.25) is 19.6 Å². The van der Waals surface area contributed by atoms with E-state index in [2.05, 4.69) is 15.5 Å². The number of nitro benzene ring substituents is 1. The molecule has 4 rings (SSSR count). The van der Waals surface area contributed by atoms with Crippen LogP contribution in [0.15, 0.2) is 64.5 Å². The van der Waals surface area contributed by atoms with Crippen LogP contribution in [0, 0.1) is 17.0 Å². The van der Waals surface area contributed by atoms with Crippen LogP contribution in [0.2, 0.25) is 0 Å². The number of non-ortho nitro benzene ring substituents is 1. The Labute approximate surface area is 186 Å². The van der Waals surface area contributed by atoms with Crippen LogP contribution in [0.25, 0.3) is 11.4 Å². The summed E-state index contributed by atoms with van der Waals surface area (Å²) in [6.45, 7) is 2.11. The van der Waals surface area contributed by atoms with Crippen molar-refractivity contribution in [3.63, 3.8) is 0 Å².